The minimum absolute atomic E-state index is 0.125. The fourth-order valence-corrected chi connectivity index (χ4v) is 4.00. The zero-order chi connectivity index (χ0) is 20.2. The van der Waals surface area contributed by atoms with E-state index in [1.807, 2.05) is 44.2 Å². The van der Waals surface area contributed by atoms with Crippen molar-refractivity contribution in [1.82, 2.24) is 4.72 Å². The first-order valence-corrected chi connectivity index (χ1v) is 10.5. The maximum atomic E-state index is 12.5. The van der Waals surface area contributed by atoms with E-state index >= 15 is 0 Å². The van der Waals surface area contributed by atoms with E-state index in [4.69, 9.17) is 0 Å². The number of carbonyl (C=O) groups is 1. The number of rotatable bonds is 7. The summed E-state index contributed by atoms with van der Waals surface area (Å²) in [5.41, 5.74) is 3.98. The number of hydrogen-bond donors (Lipinski definition) is 1. The summed E-state index contributed by atoms with van der Waals surface area (Å²) >= 11 is 0. The van der Waals surface area contributed by atoms with E-state index in [0.29, 0.717) is 5.92 Å². The first kappa shape index (κ1) is 21.1. The third-order valence-corrected chi connectivity index (χ3v) is 5.86. The lowest BCUT2D eigenvalue weighted by Crippen LogP contribution is -2.37. The van der Waals surface area contributed by atoms with Crippen LogP contribution in [0.1, 0.15) is 43.4 Å². The molecule has 0 aromatic heterocycles. The first-order valence-electron chi connectivity index (χ1n) is 9.06. The Morgan fingerprint density at radius 1 is 1.04 bits per heavy atom. The molecule has 0 saturated heterocycles. The van der Waals surface area contributed by atoms with Crippen LogP contribution in [0.2, 0.25) is 0 Å². The van der Waals surface area contributed by atoms with Crippen molar-refractivity contribution in [2.24, 2.45) is 0 Å². The second-order valence-electron chi connectivity index (χ2n) is 7.14. The van der Waals surface area contributed by atoms with Crippen LogP contribution in [0.15, 0.2) is 47.4 Å². The van der Waals surface area contributed by atoms with Crippen molar-refractivity contribution in [3.05, 3.63) is 59.2 Å². The number of nitrogens with one attached hydrogen (secondary N) is 1. The molecule has 0 bridgehead atoms. The Morgan fingerprint density at radius 2 is 1.59 bits per heavy atom. The van der Waals surface area contributed by atoms with Gasteiger partial charge in [-0.2, -0.15) is 0 Å². The van der Waals surface area contributed by atoms with Crippen LogP contribution >= 0.6 is 0 Å². The Hall–Kier alpha value is -2.18. The highest BCUT2D eigenvalue weighted by molar-refractivity contribution is 7.89. The Kier molecular flexibility index (Phi) is 6.78. The monoisotopic (exact) mass is 388 g/mol. The van der Waals surface area contributed by atoms with E-state index in [1.54, 1.807) is 17.0 Å². The molecule has 5 nitrogen and oxygen atoms in total. The molecule has 0 spiro atoms. The molecule has 27 heavy (non-hydrogen) atoms. The molecule has 0 saturated carbocycles. The van der Waals surface area contributed by atoms with Gasteiger partial charge in [0, 0.05) is 25.7 Å². The van der Waals surface area contributed by atoms with Crippen LogP contribution in [0.25, 0.3) is 0 Å². The summed E-state index contributed by atoms with van der Waals surface area (Å²) in [4.78, 5) is 13.9. The van der Waals surface area contributed by atoms with Gasteiger partial charge in [0.2, 0.25) is 15.9 Å². The number of hydrogen-bond acceptors (Lipinski definition) is 3. The number of nitrogens with zero attached hydrogens (tertiary/aromatic N) is 1. The van der Waals surface area contributed by atoms with Crippen molar-refractivity contribution in [2.45, 2.75) is 45.4 Å². The number of carbonyl (C=O) groups excluding carboxylic acids is 1. The second-order valence-corrected chi connectivity index (χ2v) is 8.91. The molecule has 0 heterocycles. The summed E-state index contributed by atoms with van der Waals surface area (Å²) in [7, 11) is -3.61. The van der Waals surface area contributed by atoms with Crippen LogP contribution in [0, 0.1) is 13.8 Å². The molecule has 2 aromatic carbocycles. The third-order valence-electron chi connectivity index (χ3n) is 4.38. The molecule has 2 aromatic rings. The summed E-state index contributed by atoms with van der Waals surface area (Å²) in [6.07, 6.45) is 0. The summed E-state index contributed by atoms with van der Waals surface area (Å²) in [6, 6.07) is 12.8. The van der Waals surface area contributed by atoms with Gasteiger partial charge < -0.3 is 4.90 Å². The molecule has 1 N–H and O–H groups in total. The van der Waals surface area contributed by atoms with Gasteiger partial charge in [-0.15, -0.1) is 0 Å². The van der Waals surface area contributed by atoms with E-state index in [-0.39, 0.29) is 23.9 Å². The molecular formula is C21H28N2O3S. The van der Waals surface area contributed by atoms with Crippen molar-refractivity contribution >= 4 is 21.6 Å². The van der Waals surface area contributed by atoms with E-state index in [1.165, 1.54) is 6.92 Å². The fourth-order valence-electron chi connectivity index (χ4n) is 2.98. The van der Waals surface area contributed by atoms with Gasteiger partial charge in [-0.05, 0) is 60.7 Å². The van der Waals surface area contributed by atoms with Gasteiger partial charge in [0.15, 0.2) is 0 Å². The van der Waals surface area contributed by atoms with Crippen molar-refractivity contribution in [3.8, 4) is 0 Å². The van der Waals surface area contributed by atoms with Crippen LogP contribution in [0.4, 0.5) is 5.69 Å². The van der Waals surface area contributed by atoms with Crippen LogP contribution < -0.4 is 9.62 Å². The smallest absolute Gasteiger partial charge is 0.240 e. The van der Waals surface area contributed by atoms with Crippen molar-refractivity contribution in [3.63, 3.8) is 0 Å². The first-order chi connectivity index (χ1) is 12.6. The summed E-state index contributed by atoms with van der Waals surface area (Å²) in [5.74, 6) is 0.220. The SMILES string of the molecule is CC(=O)N(CCNS(=O)(=O)c1ccc(C(C)C)cc1)c1cc(C)cc(C)c1. The van der Waals surface area contributed by atoms with Gasteiger partial charge in [-0.25, -0.2) is 13.1 Å². The normalized spacial score (nSPS) is 11.6. The average molecular weight is 389 g/mol. The summed E-state index contributed by atoms with van der Waals surface area (Å²) in [5, 5.41) is 0. The van der Waals surface area contributed by atoms with Crippen LogP contribution in [0.3, 0.4) is 0 Å². The van der Waals surface area contributed by atoms with Crippen molar-refractivity contribution < 1.29 is 13.2 Å². The summed E-state index contributed by atoms with van der Waals surface area (Å²) in [6.45, 7) is 9.95. The lowest BCUT2D eigenvalue weighted by Gasteiger charge is -2.22. The van der Waals surface area contributed by atoms with E-state index in [2.05, 4.69) is 18.6 Å². The second kappa shape index (κ2) is 8.67. The molecule has 0 fully saturated rings. The Morgan fingerprint density at radius 3 is 2.07 bits per heavy atom. The van der Waals surface area contributed by atoms with E-state index < -0.39 is 10.0 Å². The highest BCUT2D eigenvalue weighted by Gasteiger charge is 2.17. The summed E-state index contributed by atoms with van der Waals surface area (Å²) < 4.78 is 27.6. The number of anilines is 1. The Labute approximate surface area is 162 Å². The molecule has 2 rings (SSSR count). The predicted molar refractivity (Wildman–Crippen MR) is 110 cm³/mol. The highest BCUT2D eigenvalue weighted by atomic mass is 32.2. The highest BCUT2D eigenvalue weighted by Crippen LogP contribution is 2.19. The van der Waals surface area contributed by atoms with Crippen LogP contribution in [0.5, 0.6) is 0 Å². The number of benzene rings is 2. The Balaban J connectivity index is 2.08. The maximum Gasteiger partial charge on any atom is 0.240 e. The molecule has 0 unspecified atom stereocenters. The Bertz CT molecular complexity index is 883. The topological polar surface area (TPSA) is 66.5 Å². The lowest BCUT2D eigenvalue weighted by molar-refractivity contribution is -0.116. The van der Waals surface area contributed by atoms with Crippen molar-refractivity contribution in [2.75, 3.05) is 18.0 Å². The van der Waals surface area contributed by atoms with E-state index in [0.717, 1.165) is 22.4 Å². The van der Waals surface area contributed by atoms with Crippen molar-refractivity contribution in [1.29, 1.82) is 0 Å². The largest absolute Gasteiger partial charge is 0.311 e. The molecule has 0 aliphatic rings. The van der Waals surface area contributed by atoms with Gasteiger partial charge in [-0.1, -0.05) is 32.0 Å². The zero-order valence-corrected chi connectivity index (χ0v) is 17.4. The molecule has 146 valence electrons. The van der Waals surface area contributed by atoms with Gasteiger partial charge in [0.05, 0.1) is 4.90 Å². The van der Waals surface area contributed by atoms with Crippen LogP contribution in [-0.2, 0) is 14.8 Å². The molecular weight excluding hydrogens is 360 g/mol. The molecule has 0 aliphatic heterocycles. The third kappa shape index (κ3) is 5.65. The molecule has 1 amide bonds. The number of amides is 1. The number of sulfonamides is 1. The quantitative estimate of drug-likeness (QED) is 0.785. The van der Waals surface area contributed by atoms with Gasteiger partial charge in [-0.3, -0.25) is 4.79 Å². The van der Waals surface area contributed by atoms with Gasteiger partial charge >= 0.3 is 0 Å². The molecule has 6 heteroatoms. The fraction of sp³-hybridized carbons (Fsp3) is 0.381. The molecule has 0 atom stereocenters. The molecule has 0 aliphatic carbocycles. The number of aryl methyl sites for hydroxylation is 2. The minimum atomic E-state index is -3.61. The minimum Gasteiger partial charge on any atom is -0.311 e. The van der Waals surface area contributed by atoms with Crippen LogP contribution in [-0.4, -0.2) is 27.4 Å². The van der Waals surface area contributed by atoms with E-state index in [9.17, 15) is 13.2 Å². The predicted octanol–water partition coefficient (Wildman–Crippen LogP) is 3.76. The maximum absolute atomic E-state index is 12.5. The lowest BCUT2D eigenvalue weighted by atomic mass is 10.0. The average Bonchev–Trinajstić information content (AvgIpc) is 2.57. The van der Waals surface area contributed by atoms with Gasteiger partial charge in [0.1, 0.15) is 0 Å². The molecule has 0 radical (unpaired) electrons. The standard InChI is InChI=1S/C21H28N2O3S/c1-15(2)19-6-8-21(9-7-19)27(25,26)22-10-11-23(18(5)24)20-13-16(3)12-17(4)14-20/h6-9,12-15,22H,10-11H2,1-5H3. The zero-order valence-electron chi connectivity index (χ0n) is 16.6. The van der Waals surface area contributed by atoms with Gasteiger partial charge in [0.25, 0.3) is 0 Å².